The molecule has 140 valence electrons. The third-order valence-electron chi connectivity index (χ3n) is 3.91. The summed E-state index contributed by atoms with van der Waals surface area (Å²) in [5.41, 5.74) is 1.18. The molecule has 2 aromatic carbocycles. The summed E-state index contributed by atoms with van der Waals surface area (Å²) >= 11 is 0. The van der Waals surface area contributed by atoms with E-state index >= 15 is 0 Å². The van der Waals surface area contributed by atoms with Crippen molar-refractivity contribution in [3.05, 3.63) is 54.1 Å². The van der Waals surface area contributed by atoms with Crippen molar-refractivity contribution in [1.29, 1.82) is 0 Å². The van der Waals surface area contributed by atoms with E-state index in [1.807, 2.05) is 45.0 Å². The molecule has 0 aliphatic carbocycles. The third-order valence-corrected chi connectivity index (χ3v) is 3.91. The second kappa shape index (κ2) is 9.70. The van der Waals surface area contributed by atoms with Gasteiger partial charge in [-0.1, -0.05) is 24.6 Å². The average Bonchev–Trinajstić information content (AvgIpc) is 2.66. The summed E-state index contributed by atoms with van der Waals surface area (Å²) in [5.74, 6) is 2.02. The van der Waals surface area contributed by atoms with E-state index in [-0.39, 0.29) is 11.9 Å². The molecule has 2 aromatic rings. The molecule has 2 atom stereocenters. The van der Waals surface area contributed by atoms with Crippen LogP contribution in [0.1, 0.15) is 25.8 Å². The van der Waals surface area contributed by atoms with Gasteiger partial charge in [0, 0.05) is 0 Å². The molecule has 0 saturated heterocycles. The molecular formula is C21H27NO4. The van der Waals surface area contributed by atoms with Crippen LogP contribution < -0.4 is 19.5 Å². The zero-order valence-electron chi connectivity index (χ0n) is 15.8. The molecule has 2 rings (SSSR count). The number of ether oxygens (including phenoxy) is 3. The van der Waals surface area contributed by atoms with Gasteiger partial charge in [0.25, 0.3) is 5.91 Å². The topological polar surface area (TPSA) is 56.8 Å². The first kappa shape index (κ1) is 19.6. The maximum Gasteiger partial charge on any atom is 0.261 e. The van der Waals surface area contributed by atoms with Crippen molar-refractivity contribution >= 4 is 5.91 Å². The van der Waals surface area contributed by atoms with Crippen LogP contribution in [0.25, 0.3) is 0 Å². The highest BCUT2D eigenvalue weighted by atomic mass is 16.5. The van der Waals surface area contributed by atoms with Crippen LogP contribution in [-0.2, 0) is 4.79 Å². The lowest BCUT2D eigenvalue weighted by Gasteiger charge is -2.21. The van der Waals surface area contributed by atoms with Gasteiger partial charge in [-0.05, 0) is 56.7 Å². The normalized spacial score (nSPS) is 12.8. The van der Waals surface area contributed by atoms with Crippen LogP contribution in [0.2, 0.25) is 0 Å². The lowest BCUT2D eigenvalue weighted by atomic mass is 10.2. The van der Waals surface area contributed by atoms with Crippen LogP contribution in [0.5, 0.6) is 17.2 Å². The molecule has 0 radical (unpaired) electrons. The van der Waals surface area contributed by atoms with Gasteiger partial charge in [0.1, 0.15) is 23.9 Å². The van der Waals surface area contributed by atoms with Crippen molar-refractivity contribution < 1.29 is 19.0 Å². The van der Waals surface area contributed by atoms with Crippen molar-refractivity contribution in [2.75, 3.05) is 13.7 Å². The standard InChI is InChI=1S/C21H27NO4/c1-5-20(26-19-12-10-17(24-4)11-13-19)21(23)22-16(3)14-25-18-8-6-15(2)7-9-18/h6-13,16,20H,5,14H2,1-4H3,(H,22,23)/t16-,20+/m1/s1. The van der Waals surface area contributed by atoms with Gasteiger partial charge in [0.15, 0.2) is 6.10 Å². The van der Waals surface area contributed by atoms with E-state index in [0.717, 1.165) is 11.5 Å². The van der Waals surface area contributed by atoms with Crippen molar-refractivity contribution in [1.82, 2.24) is 5.32 Å². The molecule has 1 N–H and O–H groups in total. The molecule has 26 heavy (non-hydrogen) atoms. The van der Waals surface area contributed by atoms with Crippen molar-refractivity contribution in [2.45, 2.75) is 39.3 Å². The number of methoxy groups -OCH3 is 1. The SMILES string of the molecule is CC[C@H](Oc1ccc(OC)cc1)C(=O)N[C@H](C)COc1ccc(C)cc1. The van der Waals surface area contributed by atoms with Crippen LogP contribution in [-0.4, -0.2) is 31.8 Å². The maximum absolute atomic E-state index is 12.5. The molecule has 0 aliphatic rings. The fourth-order valence-corrected chi connectivity index (χ4v) is 2.37. The van der Waals surface area contributed by atoms with Gasteiger partial charge in [-0.15, -0.1) is 0 Å². The quantitative estimate of drug-likeness (QED) is 0.743. The highest BCUT2D eigenvalue weighted by molar-refractivity contribution is 5.81. The zero-order chi connectivity index (χ0) is 18.9. The first-order valence-electron chi connectivity index (χ1n) is 8.82. The minimum atomic E-state index is -0.551. The number of amides is 1. The summed E-state index contributed by atoms with van der Waals surface area (Å²) in [6, 6.07) is 14.9. The largest absolute Gasteiger partial charge is 0.497 e. The Balaban J connectivity index is 1.83. The highest BCUT2D eigenvalue weighted by Gasteiger charge is 2.20. The van der Waals surface area contributed by atoms with Crippen LogP contribution in [0.15, 0.2) is 48.5 Å². The van der Waals surface area contributed by atoms with Gasteiger partial charge >= 0.3 is 0 Å². The molecule has 0 unspecified atom stereocenters. The molecule has 0 aromatic heterocycles. The number of nitrogens with one attached hydrogen (secondary N) is 1. The second-order valence-electron chi connectivity index (χ2n) is 6.22. The molecule has 0 bridgehead atoms. The molecule has 0 fully saturated rings. The molecule has 0 spiro atoms. The fraction of sp³-hybridized carbons (Fsp3) is 0.381. The number of benzene rings is 2. The van der Waals surface area contributed by atoms with Gasteiger partial charge < -0.3 is 19.5 Å². The average molecular weight is 357 g/mol. The third kappa shape index (κ3) is 5.99. The monoisotopic (exact) mass is 357 g/mol. The predicted molar refractivity (Wildman–Crippen MR) is 102 cm³/mol. The molecule has 0 aliphatic heterocycles. The first-order valence-corrected chi connectivity index (χ1v) is 8.82. The van der Waals surface area contributed by atoms with Crippen LogP contribution >= 0.6 is 0 Å². The number of carbonyl (C=O) groups is 1. The smallest absolute Gasteiger partial charge is 0.261 e. The van der Waals surface area contributed by atoms with Gasteiger partial charge in [0.2, 0.25) is 0 Å². The van der Waals surface area contributed by atoms with Crippen molar-refractivity contribution in [3.63, 3.8) is 0 Å². The van der Waals surface area contributed by atoms with Crippen molar-refractivity contribution in [2.24, 2.45) is 0 Å². The van der Waals surface area contributed by atoms with Crippen LogP contribution in [0.4, 0.5) is 0 Å². The molecule has 0 heterocycles. The Morgan fingerprint density at radius 1 is 1.00 bits per heavy atom. The van der Waals surface area contributed by atoms with Gasteiger partial charge in [-0.25, -0.2) is 0 Å². The fourth-order valence-electron chi connectivity index (χ4n) is 2.37. The number of aryl methyl sites for hydroxylation is 1. The Kier molecular flexibility index (Phi) is 7.33. The summed E-state index contributed by atoms with van der Waals surface area (Å²) in [6.07, 6.45) is 0.0221. The number of carbonyl (C=O) groups excluding carboxylic acids is 1. The molecular weight excluding hydrogens is 330 g/mol. The van der Waals surface area contributed by atoms with Crippen molar-refractivity contribution in [3.8, 4) is 17.2 Å². The highest BCUT2D eigenvalue weighted by Crippen LogP contribution is 2.19. The van der Waals surface area contributed by atoms with E-state index in [1.165, 1.54) is 5.56 Å². The van der Waals surface area contributed by atoms with Gasteiger partial charge in [0.05, 0.1) is 13.2 Å². The summed E-state index contributed by atoms with van der Waals surface area (Å²) < 4.78 is 16.6. The Labute approximate surface area is 155 Å². The van der Waals surface area contributed by atoms with Crippen LogP contribution in [0, 0.1) is 6.92 Å². The van der Waals surface area contributed by atoms with E-state index in [4.69, 9.17) is 14.2 Å². The van der Waals surface area contributed by atoms with E-state index < -0.39 is 6.10 Å². The molecule has 0 saturated carbocycles. The zero-order valence-corrected chi connectivity index (χ0v) is 15.8. The first-order chi connectivity index (χ1) is 12.5. The molecule has 5 heteroatoms. The lowest BCUT2D eigenvalue weighted by Crippen LogP contribution is -2.44. The summed E-state index contributed by atoms with van der Waals surface area (Å²) in [7, 11) is 1.61. The molecule has 5 nitrogen and oxygen atoms in total. The minimum Gasteiger partial charge on any atom is -0.497 e. The molecule has 1 amide bonds. The summed E-state index contributed by atoms with van der Waals surface area (Å²) in [6.45, 7) is 6.25. The van der Waals surface area contributed by atoms with Crippen LogP contribution in [0.3, 0.4) is 0 Å². The number of hydrogen-bond donors (Lipinski definition) is 1. The minimum absolute atomic E-state index is 0.127. The Morgan fingerprint density at radius 3 is 2.15 bits per heavy atom. The predicted octanol–water partition coefficient (Wildman–Crippen LogP) is 3.74. The van der Waals surface area contributed by atoms with Gasteiger partial charge in [-0.2, -0.15) is 0 Å². The number of rotatable bonds is 9. The summed E-state index contributed by atoms with van der Waals surface area (Å²) in [5, 5.41) is 2.94. The van der Waals surface area contributed by atoms with Gasteiger partial charge in [-0.3, -0.25) is 4.79 Å². The Bertz CT molecular complexity index is 682. The Hall–Kier alpha value is -2.69. The van der Waals surface area contributed by atoms with E-state index in [1.54, 1.807) is 31.4 Å². The second-order valence-corrected chi connectivity index (χ2v) is 6.22. The Morgan fingerprint density at radius 2 is 1.58 bits per heavy atom. The lowest BCUT2D eigenvalue weighted by molar-refractivity contribution is -0.128. The summed E-state index contributed by atoms with van der Waals surface area (Å²) in [4.78, 5) is 12.5. The number of hydrogen-bond acceptors (Lipinski definition) is 4. The van der Waals surface area contributed by atoms with E-state index in [2.05, 4.69) is 5.32 Å². The maximum atomic E-state index is 12.5. The van der Waals surface area contributed by atoms with E-state index in [9.17, 15) is 4.79 Å². The van der Waals surface area contributed by atoms with E-state index in [0.29, 0.717) is 18.8 Å².